The molecule has 1 atom stereocenters. The molecule has 0 saturated carbocycles. The molecule has 1 unspecified atom stereocenters. The molecule has 1 saturated heterocycles. The van der Waals surface area contributed by atoms with Gasteiger partial charge in [-0.15, -0.1) is 0 Å². The summed E-state index contributed by atoms with van der Waals surface area (Å²) in [5, 5.41) is 3.15. The first-order valence-electron chi connectivity index (χ1n) is 9.30. The fourth-order valence-corrected chi connectivity index (χ4v) is 3.36. The van der Waals surface area contributed by atoms with Gasteiger partial charge in [-0.2, -0.15) is 0 Å². The van der Waals surface area contributed by atoms with E-state index in [9.17, 15) is 14.4 Å². The van der Waals surface area contributed by atoms with E-state index in [1.165, 1.54) is 6.07 Å². The highest BCUT2D eigenvalue weighted by molar-refractivity contribution is 6.31. The molecule has 3 rings (SSSR count). The number of benzene rings is 2. The SMILES string of the molecule is NC(=O)C1CCCN(C(=O)COc2ccc(Cl)cc2C(=O)Nc2ccccc2)C1. The molecule has 2 aromatic carbocycles. The second kappa shape index (κ2) is 9.43. The van der Waals surface area contributed by atoms with Gasteiger partial charge in [-0.1, -0.05) is 29.8 Å². The van der Waals surface area contributed by atoms with Gasteiger partial charge in [0.05, 0.1) is 11.5 Å². The molecular formula is C21H22ClN3O4. The van der Waals surface area contributed by atoms with Gasteiger partial charge >= 0.3 is 0 Å². The van der Waals surface area contributed by atoms with Gasteiger partial charge in [0.1, 0.15) is 5.75 Å². The van der Waals surface area contributed by atoms with E-state index in [2.05, 4.69) is 5.32 Å². The van der Waals surface area contributed by atoms with Crippen LogP contribution in [0.4, 0.5) is 5.69 Å². The monoisotopic (exact) mass is 415 g/mol. The number of carbonyl (C=O) groups excluding carboxylic acids is 3. The number of halogens is 1. The number of hydrogen-bond acceptors (Lipinski definition) is 4. The first-order valence-corrected chi connectivity index (χ1v) is 9.67. The minimum atomic E-state index is -0.402. The Labute approximate surface area is 173 Å². The highest BCUT2D eigenvalue weighted by Gasteiger charge is 2.27. The van der Waals surface area contributed by atoms with E-state index >= 15 is 0 Å². The quantitative estimate of drug-likeness (QED) is 0.757. The molecular weight excluding hydrogens is 394 g/mol. The number of rotatable bonds is 6. The molecule has 1 aliphatic heterocycles. The molecule has 0 spiro atoms. The van der Waals surface area contributed by atoms with E-state index in [4.69, 9.17) is 22.1 Å². The minimum absolute atomic E-state index is 0.225. The summed E-state index contributed by atoms with van der Waals surface area (Å²) in [4.78, 5) is 38.1. The third-order valence-electron chi connectivity index (χ3n) is 4.75. The van der Waals surface area contributed by atoms with Crippen molar-refractivity contribution in [1.29, 1.82) is 0 Å². The van der Waals surface area contributed by atoms with Crippen molar-refractivity contribution in [1.82, 2.24) is 4.90 Å². The summed E-state index contributed by atoms with van der Waals surface area (Å²) in [6.07, 6.45) is 1.39. The lowest BCUT2D eigenvalue weighted by atomic mass is 9.97. The Bertz CT molecular complexity index is 904. The lowest BCUT2D eigenvalue weighted by Crippen LogP contribution is -2.45. The van der Waals surface area contributed by atoms with E-state index in [-0.39, 0.29) is 29.7 Å². The van der Waals surface area contributed by atoms with Crippen molar-refractivity contribution < 1.29 is 19.1 Å². The van der Waals surface area contributed by atoms with E-state index in [0.29, 0.717) is 36.6 Å². The lowest BCUT2D eigenvalue weighted by Gasteiger charge is -2.31. The molecule has 0 aromatic heterocycles. The predicted octanol–water partition coefficient (Wildman–Crippen LogP) is 2.70. The molecule has 1 fully saturated rings. The third kappa shape index (κ3) is 5.48. The van der Waals surface area contributed by atoms with Gasteiger partial charge in [0.15, 0.2) is 6.61 Å². The standard InChI is InChI=1S/C21H22ClN3O4/c22-15-8-9-18(17(11-15)21(28)24-16-6-2-1-3-7-16)29-13-19(26)25-10-4-5-14(12-25)20(23)27/h1-3,6-9,11,14H,4-5,10,12-13H2,(H2,23,27)(H,24,28). The zero-order valence-corrected chi connectivity index (χ0v) is 16.5. The number of primary amides is 1. The van der Waals surface area contributed by atoms with Crippen LogP contribution in [-0.2, 0) is 9.59 Å². The number of amides is 3. The minimum Gasteiger partial charge on any atom is -0.483 e. The van der Waals surface area contributed by atoms with Gasteiger partial charge in [-0.05, 0) is 43.2 Å². The predicted molar refractivity (Wildman–Crippen MR) is 110 cm³/mol. The summed E-state index contributed by atoms with van der Waals surface area (Å²) in [5.41, 5.74) is 6.21. The number of ether oxygens (including phenoxy) is 1. The van der Waals surface area contributed by atoms with Crippen molar-refractivity contribution >= 4 is 35.0 Å². The average Bonchev–Trinajstić information content (AvgIpc) is 2.73. The van der Waals surface area contributed by atoms with Crippen LogP contribution in [-0.4, -0.2) is 42.3 Å². The van der Waals surface area contributed by atoms with Gasteiger partial charge in [0, 0.05) is 23.8 Å². The van der Waals surface area contributed by atoms with E-state index in [1.54, 1.807) is 29.2 Å². The number of nitrogens with zero attached hydrogens (tertiary/aromatic N) is 1. The zero-order valence-electron chi connectivity index (χ0n) is 15.8. The molecule has 1 aliphatic rings. The molecule has 7 nitrogen and oxygen atoms in total. The molecule has 2 aromatic rings. The average molecular weight is 416 g/mol. The largest absolute Gasteiger partial charge is 0.483 e. The fraction of sp³-hybridized carbons (Fsp3) is 0.286. The van der Waals surface area contributed by atoms with Gasteiger partial charge in [0.2, 0.25) is 5.91 Å². The first-order chi connectivity index (χ1) is 13.9. The maximum atomic E-state index is 12.7. The molecule has 29 heavy (non-hydrogen) atoms. The topological polar surface area (TPSA) is 102 Å². The van der Waals surface area contributed by atoms with E-state index < -0.39 is 11.8 Å². The smallest absolute Gasteiger partial charge is 0.260 e. The third-order valence-corrected chi connectivity index (χ3v) is 4.98. The Morgan fingerprint density at radius 3 is 2.66 bits per heavy atom. The van der Waals surface area contributed by atoms with Crippen LogP contribution < -0.4 is 15.8 Å². The highest BCUT2D eigenvalue weighted by Crippen LogP contribution is 2.25. The van der Waals surface area contributed by atoms with Crippen molar-refractivity contribution in [2.45, 2.75) is 12.8 Å². The summed E-state index contributed by atoms with van der Waals surface area (Å²) < 4.78 is 5.63. The molecule has 0 aliphatic carbocycles. The Morgan fingerprint density at radius 1 is 1.17 bits per heavy atom. The second-order valence-electron chi connectivity index (χ2n) is 6.83. The number of likely N-dealkylation sites (tertiary alicyclic amines) is 1. The number of piperidine rings is 1. The Hall–Kier alpha value is -3.06. The zero-order chi connectivity index (χ0) is 20.8. The molecule has 3 amide bonds. The molecule has 1 heterocycles. The maximum absolute atomic E-state index is 12.7. The van der Waals surface area contributed by atoms with Crippen LogP contribution in [0.5, 0.6) is 5.75 Å². The Morgan fingerprint density at radius 2 is 1.93 bits per heavy atom. The first kappa shape index (κ1) is 20.7. The van der Waals surface area contributed by atoms with Crippen LogP contribution in [0.1, 0.15) is 23.2 Å². The van der Waals surface area contributed by atoms with Crippen LogP contribution in [0.3, 0.4) is 0 Å². The normalized spacial score (nSPS) is 16.2. The lowest BCUT2D eigenvalue weighted by molar-refractivity contribution is -0.136. The van der Waals surface area contributed by atoms with Crippen molar-refractivity contribution in [2.24, 2.45) is 11.7 Å². The molecule has 8 heteroatoms. The summed E-state index contributed by atoms with van der Waals surface area (Å²) in [6.45, 7) is 0.589. The van der Waals surface area contributed by atoms with Crippen LogP contribution in [0.2, 0.25) is 5.02 Å². The van der Waals surface area contributed by atoms with Gasteiger partial charge in [-0.3, -0.25) is 14.4 Å². The molecule has 0 radical (unpaired) electrons. The van der Waals surface area contributed by atoms with E-state index in [0.717, 1.165) is 0 Å². The second-order valence-corrected chi connectivity index (χ2v) is 7.27. The van der Waals surface area contributed by atoms with Crippen molar-refractivity contribution in [3.8, 4) is 5.75 Å². The van der Waals surface area contributed by atoms with Gasteiger partial charge in [-0.25, -0.2) is 0 Å². The number of carbonyl (C=O) groups is 3. The number of para-hydroxylation sites is 1. The molecule has 152 valence electrons. The summed E-state index contributed by atoms with van der Waals surface area (Å²) >= 11 is 6.04. The number of hydrogen-bond donors (Lipinski definition) is 2. The van der Waals surface area contributed by atoms with Crippen molar-refractivity contribution in [2.75, 3.05) is 25.0 Å². The number of nitrogens with two attached hydrogens (primary N) is 1. The van der Waals surface area contributed by atoms with Crippen molar-refractivity contribution in [3.63, 3.8) is 0 Å². The van der Waals surface area contributed by atoms with Crippen molar-refractivity contribution in [3.05, 3.63) is 59.1 Å². The Kier molecular flexibility index (Phi) is 6.72. The molecule has 3 N–H and O–H groups in total. The van der Waals surface area contributed by atoms with Gasteiger partial charge in [0.25, 0.3) is 11.8 Å². The summed E-state index contributed by atoms with van der Waals surface area (Å²) in [7, 11) is 0. The van der Waals surface area contributed by atoms with Gasteiger partial charge < -0.3 is 20.7 Å². The highest BCUT2D eigenvalue weighted by atomic mass is 35.5. The van der Waals surface area contributed by atoms with Crippen LogP contribution >= 0.6 is 11.6 Å². The maximum Gasteiger partial charge on any atom is 0.260 e. The number of anilines is 1. The van der Waals surface area contributed by atoms with E-state index in [1.807, 2.05) is 18.2 Å². The fourth-order valence-electron chi connectivity index (χ4n) is 3.19. The number of nitrogens with one attached hydrogen (secondary N) is 1. The summed E-state index contributed by atoms with van der Waals surface area (Å²) in [6, 6.07) is 13.6. The Balaban J connectivity index is 1.67. The van der Waals surface area contributed by atoms with Crippen LogP contribution in [0.15, 0.2) is 48.5 Å². The van der Waals surface area contributed by atoms with Crippen LogP contribution in [0.25, 0.3) is 0 Å². The summed E-state index contributed by atoms with van der Waals surface area (Å²) in [5.74, 6) is -1.15. The molecule has 0 bridgehead atoms. The van der Waals surface area contributed by atoms with Crippen LogP contribution in [0, 0.1) is 5.92 Å².